The van der Waals surface area contributed by atoms with Gasteiger partial charge in [-0.25, -0.2) is 15.0 Å². The molecular weight excluding hydrogens is 324 g/mol. The van der Waals surface area contributed by atoms with Crippen molar-refractivity contribution in [3.8, 4) is 0 Å². The molecule has 0 unspecified atom stereocenters. The molecule has 0 aromatic carbocycles. The van der Waals surface area contributed by atoms with E-state index in [9.17, 15) is 14.4 Å². The fraction of sp³-hybridized carbons (Fsp3) is 0.722. The Kier molecular flexibility index (Phi) is 8.45. The van der Waals surface area contributed by atoms with Crippen LogP contribution in [0.1, 0.15) is 66.2 Å². The Bertz CT molecular complexity index is 508. The maximum absolute atomic E-state index is 12.4. The van der Waals surface area contributed by atoms with Crippen LogP contribution < -0.4 is 5.43 Å². The van der Waals surface area contributed by atoms with Gasteiger partial charge in [-0.15, -0.1) is 0 Å². The number of amides is 2. The molecule has 0 bridgehead atoms. The summed E-state index contributed by atoms with van der Waals surface area (Å²) in [6, 6.07) is 0. The van der Waals surface area contributed by atoms with Gasteiger partial charge in [0.05, 0.1) is 0 Å². The third kappa shape index (κ3) is 8.56. The second kappa shape index (κ2) is 10.1. The molecule has 0 radical (unpaired) electrons. The van der Waals surface area contributed by atoms with Gasteiger partial charge in [-0.3, -0.25) is 9.80 Å². The normalized spacial score (nSPS) is 13.9. The third-order valence-corrected chi connectivity index (χ3v) is 3.58. The number of ether oxygens (including phenoxy) is 2. The van der Waals surface area contributed by atoms with Gasteiger partial charge in [0, 0.05) is 18.5 Å². The summed E-state index contributed by atoms with van der Waals surface area (Å²) in [6.07, 6.45) is 5.40. The molecule has 0 spiro atoms. The van der Waals surface area contributed by atoms with Crippen molar-refractivity contribution in [1.29, 1.82) is 0 Å². The first-order valence-corrected chi connectivity index (χ1v) is 8.89. The Labute approximate surface area is 149 Å². The minimum atomic E-state index is -0.657. The fourth-order valence-electron chi connectivity index (χ4n) is 2.33. The van der Waals surface area contributed by atoms with Crippen LogP contribution in [0.3, 0.4) is 0 Å². The lowest BCUT2D eigenvalue weighted by molar-refractivity contribution is -0.136. The molecule has 2 amide bonds. The Hall–Kier alpha value is -2.05. The minimum absolute atomic E-state index is 0.129. The van der Waals surface area contributed by atoms with Crippen LogP contribution >= 0.6 is 0 Å². The van der Waals surface area contributed by atoms with E-state index in [1.165, 1.54) is 5.01 Å². The SMILES string of the molecule is CCCCCCN(NC(=O)OC(C)(C)C)C(=O)CCC1=CCOC1=O. The molecule has 0 atom stereocenters. The number of carbonyl (C=O) groups excluding carboxylic acids is 3. The molecule has 1 heterocycles. The molecule has 1 N–H and O–H groups in total. The zero-order valence-electron chi connectivity index (χ0n) is 15.7. The number of cyclic esters (lactones) is 1. The first-order chi connectivity index (χ1) is 11.7. The molecule has 1 aliphatic rings. The zero-order valence-corrected chi connectivity index (χ0v) is 15.7. The Morgan fingerprint density at radius 3 is 2.56 bits per heavy atom. The molecular formula is C18H30N2O5. The summed E-state index contributed by atoms with van der Waals surface area (Å²) in [5.41, 5.74) is 2.40. The lowest BCUT2D eigenvalue weighted by atomic mass is 10.1. The van der Waals surface area contributed by atoms with Crippen LogP contribution in [0, 0.1) is 0 Å². The summed E-state index contributed by atoms with van der Waals surface area (Å²) in [5.74, 6) is -0.620. The van der Waals surface area contributed by atoms with Gasteiger partial charge in [-0.05, 0) is 39.7 Å². The number of esters is 1. The monoisotopic (exact) mass is 354 g/mol. The predicted molar refractivity (Wildman–Crippen MR) is 93.5 cm³/mol. The molecule has 0 aromatic heterocycles. The van der Waals surface area contributed by atoms with Crippen molar-refractivity contribution < 1.29 is 23.9 Å². The van der Waals surface area contributed by atoms with E-state index < -0.39 is 11.7 Å². The van der Waals surface area contributed by atoms with Crippen LogP contribution in [0.15, 0.2) is 11.6 Å². The van der Waals surface area contributed by atoms with E-state index in [4.69, 9.17) is 9.47 Å². The number of hydrazine groups is 1. The van der Waals surface area contributed by atoms with Crippen molar-refractivity contribution in [2.24, 2.45) is 0 Å². The summed E-state index contributed by atoms with van der Waals surface area (Å²) in [6.45, 7) is 8.08. The molecule has 7 heteroatoms. The molecule has 1 rings (SSSR count). The van der Waals surface area contributed by atoms with Gasteiger partial charge in [0.1, 0.15) is 12.2 Å². The largest absolute Gasteiger partial charge is 0.458 e. The standard InChI is InChI=1S/C18H30N2O5/c1-5-6-7-8-12-20(19-17(23)25-18(2,3)4)15(21)10-9-14-11-13-24-16(14)22/h11H,5-10,12-13H2,1-4H3,(H,19,23). The van der Waals surface area contributed by atoms with Crippen LogP contribution in [-0.4, -0.2) is 41.7 Å². The average molecular weight is 354 g/mol. The van der Waals surface area contributed by atoms with Crippen molar-refractivity contribution >= 4 is 18.0 Å². The molecule has 25 heavy (non-hydrogen) atoms. The Balaban J connectivity index is 2.56. The summed E-state index contributed by atoms with van der Waals surface area (Å²) < 4.78 is 10.0. The quantitative estimate of drug-likeness (QED) is 0.411. The Morgan fingerprint density at radius 2 is 2.00 bits per heavy atom. The fourth-order valence-corrected chi connectivity index (χ4v) is 2.33. The highest BCUT2D eigenvalue weighted by molar-refractivity contribution is 5.91. The molecule has 0 aromatic rings. The zero-order chi connectivity index (χ0) is 18.9. The first kappa shape index (κ1) is 21.0. The molecule has 7 nitrogen and oxygen atoms in total. The third-order valence-electron chi connectivity index (χ3n) is 3.58. The van der Waals surface area contributed by atoms with Crippen molar-refractivity contribution in [2.45, 2.75) is 71.8 Å². The van der Waals surface area contributed by atoms with Gasteiger partial charge in [0.15, 0.2) is 0 Å². The summed E-state index contributed by atoms with van der Waals surface area (Å²) in [7, 11) is 0. The van der Waals surface area contributed by atoms with Gasteiger partial charge in [0.2, 0.25) is 5.91 Å². The smallest absolute Gasteiger partial charge is 0.426 e. The number of hydrogen-bond acceptors (Lipinski definition) is 5. The molecule has 1 aliphatic heterocycles. The number of nitrogens with one attached hydrogen (secondary N) is 1. The van der Waals surface area contributed by atoms with E-state index in [0.29, 0.717) is 18.5 Å². The number of hydrogen-bond donors (Lipinski definition) is 1. The summed E-state index contributed by atoms with van der Waals surface area (Å²) in [4.78, 5) is 35.8. The van der Waals surface area contributed by atoms with E-state index in [-0.39, 0.29) is 24.9 Å². The van der Waals surface area contributed by atoms with E-state index in [1.54, 1.807) is 26.8 Å². The molecule has 0 fully saturated rings. The van der Waals surface area contributed by atoms with Crippen LogP contribution in [0.4, 0.5) is 4.79 Å². The van der Waals surface area contributed by atoms with E-state index in [2.05, 4.69) is 12.3 Å². The molecule has 0 saturated heterocycles. The second-order valence-corrected chi connectivity index (χ2v) is 7.05. The lowest BCUT2D eigenvalue weighted by Crippen LogP contribution is -2.48. The van der Waals surface area contributed by atoms with Crippen LogP contribution in [0.25, 0.3) is 0 Å². The summed E-state index contributed by atoms with van der Waals surface area (Å²) in [5, 5.41) is 1.30. The number of rotatable bonds is 8. The van der Waals surface area contributed by atoms with Gasteiger partial charge in [-0.1, -0.05) is 26.2 Å². The molecule has 0 aliphatic carbocycles. The van der Waals surface area contributed by atoms with Crippen LogP contribution in [0.2, 0.25) is 0 Å². The lowest BCUT2D eigenvalue weighted by Gasteiger charge is -2.26. The number of carbonyl (C=O) groups is 3. The van der Waals surface area contributed by atoms with Gasteiger partial charge < -0.3 is 9.47 Å². The highest BCUT2D eigenvalue weighted by atomic mass is 16.6. The van der Waals surface area contributed by atoms with E-state index >= 15 is 0 Å². The van der Waals surface area contributed by atoms with Crippen LogP contribution in [-0.2, 0) is 19.1 Å². The van der Waals surface area contributed by atoms with Crippen LogP contribution in [0.5, 0.6) is 0 Å². The Morgan fingerprint density at radius 1 is 1.28 bits per heavy atom. The highest BCUT2D eigenvalue weighted by Crippen LogP contribution is 2.14. The van der Waals surface area contributed by atoms with E-state index in [0.717, 1.165) is 25.7 Å². The predicted octanol–water partition coefficient (Wildman–Crippen LogP) is 3.10. The van der Waals surface area contributed by atoms with Crippen molar-refractivity contribution in [2.75, 3.05) is 13.2 Å². The number of unbranched alkanes of at least 4 members (excludes halogenated alkanes) is 3. The van der Waals surface area contributed by atoms with Crippen molar-refractivity contribution in [1.82, 2.24) is 10.4 Å². The van der Waals surface area contributed by atoms with E-state index in [1.807, 2.05) is 0 Å². The molecule has 0 saturated carbocycles. The maximum atomic E-state index is 12.4. The first-order valence-electron chi connectivity index (χ1n) is 8.89. The van der Waals surface area contributed by atoms with Crippen molar-refractivity contribution in [3.63, 3.8) is 0 Å². The maximum Gasteiger partial charge on any atom is 0.426 e. The average Bonchev–Trinajstić information content (AvgIpc) is 2.91. The van der Waals surface area contributed by atoms with Gasteiger partial charge in [0.25, 0.3) is 0 Å². The minimum Gasteiger partial charge on any atom is -0.458 e. The summed E-state index contributed by atoms with van der Waals surface area (Å²) >= 11 is 0. The van der Waals surface area contributed by atoms with Gasteiger partial charge in [-0.2, -0.15) is 0 Å². The van der Waals surface area contributed by atoms with Gasteiger partial charge >= 0.3 is 12.1 Å². The molecule has 142 valence electrons. The topological polar surface area (TPSA) is 84.9 Å². The second-order valence-electron chi connectivity index (χ2n) is 7.05. The number of nitrogens with zero attached hydrogens (tertiary/aromatic N) is 1. The van der Waals surface area contributed by atoms with Crippen molar-refractivity contribution in [3.05, 3.63) is 11.6 Å². The highest BCUT2D eigenvalue weighted by Gasteiger charge is 2.23.